The molecule has 0 saturated carbocycles. The van der Waals surface area contributed by atoms with Gasteiger partial charge >= 0.3 is 0 Å². The number of amides is 1. The summed E-state index contributed by atoms with van der Waals surface area (Å²) in [5.74, 6) is -1.94. The molecule has 0 spiro atoms. The lowest BCUT2D eigenvalue weighted by Gasteiger charge is -2.08. The van der Waals surface area contributed by atoms with Crippen LogP contribution in [0.15, 0.2) is 28.7 Å². The van der Waals surface area contributed by atoms with Gasteiger partial charge in [0.1, 0.15) is 15.5 Å². The fourth-order valence-corrected chi connectivity index (χ4v) is 3.84. The van der Waals surface area contributed by atoms with Gasteiger partial charge in [-0.25, -0.2) is 13.8 Å². The van der Waals surface area contributed by atoms with Crippen molar-refractivity contribution in [2.24, 2.45) is 0 Å². The Bertz CT molecular complexity index is 964. The highest BCUT2D eigenvalue weighted by atomic mass is 79.9. The molecule has 0 saturated heterocycles. The molecule has 0 bridgehead atoms. The van der Waals surface area contributed by atoms with Gasteiger partial charge in [-0.15, -0.1) is 11.3 Å². The maximum absolute atomic E-state index is 13.9. The number of benzene rings is 1. The van der Waals surface area contributed by atoms with Gasteiger partial charge in [-0.2, -0.15) is 0 Å². The second-order valence-corrected chi connectivity index (χ2v) is 7.64. The molecule has 25 heavy (non-hydrogen) atoms. The minimum Gasteiger partial charge on any atom is -0.397 e. The van der Waals surface area contributed by atoms with E-state index in [0.29, 0.717) is 22.0 Å². The summed E-state index contributed by atoms with van der Waals surface area (Å²) in [6, 6.07) is 5.47. The van der Waals surface area contributed by atoms with Gasteiger partial charge in [-0.05, 0) is 40.0 Å². The molecule has 0 atom stereocenters. The van der Waals surface area contributed by atoms with Gasteiger partial charge in [0.05, 0.1) is 11.4 Å². The summed E-state index contributed by atoms with van der Waals surface area (Å²) in [5, 5.41) is 3.12. The van der Waals surface area contributed by atoms with Crippen LogP contribution in [0.3, 0.4) is 0 Å². The zero-order chi connectivity index (χ0) is 18.3. The molecule has 0 fully saturated rings. The molecule has 0 aliphatic rings. The zero-order valence-corrected chi connectivity index (χ0v) is 15.8. The van der Waals surface area contributed by atoms with E-state index in [1.807, 2.05) is 26.0 Å². The monoisotopic (exact) mass is 425 g/mol. The number of halogens is 3. The van der Waals surface area contributed by atoms with Gasteiger partial charge in [0, 0.05) is 21.6 Å². The first-order valence-corrected chi connectivity index (χ1v) is 9.03. The van der Waals surface area contributed by atoms with Crippen molar-refractivity contribution in [1.29, 1.82) is 0 Å². The van der Waals surface area contributed by atoms with Gasteiger partial charge in [0.25, 0.3) is 5.91 Å². The molecule has 1 amide bonds. The number of nitrogens with two attached hydrogens (primary N) is 1. The van der Waals surface area contributed by atoms with E-state index in [1.165, 1.54) is 0 Å². The summed E-state index contributed by atoms with van der Waals surface area (Å²) < 4.78 is 27.2. The van der Waals surface area contributed by atoms with Crippen molar-refractivity contribution < 1.29 is 13.6 Å². The highest BCUT2D eigenvalue weighted by molar-refractivity contribution is 9.10. The quantitative estimate of drug-likeness (QED) is 0.598. The van der Waals surface area contributed by atoms with E-state index in [-0.39, 0.29) is 21.0 Å². The molecule has 0 radical (unpaired) electrons. The second kappa shape index (κ2) is 6.68. The molecule has 130 valence electrons. The van der Waals surface area contributed by atoms with Crippen molar-refractivity contribution in [1.82, 2.24) is 4.98 Å². The number of rotatable bonds is 3. The smallest absolute Gasteiger partial charge is 0.268 e. The summed E-state index contributed by atoms with van der Waals surface area (Å²) in [6.45, 7) is 4.04. The van der Waals surface area contributed by atoms with Crippen LogP contribution in [0.2, 0.25) is 0 Å². The lowest BCUT2D eigenvalue weighted by atomic mass is 10.1. The average molecular weight is 426 g/mol. The number of nitrogen functional groups attached to an aromatic ring is 1. The molecule has 2 aromatic heterocycles. The third-order valence-corrected chi connectivity index (χ3v) is 5.40. The first kappa shape index (κ1) is 17.8. The van der Waals surface area contributed by atoms with E-state index in [1.54, 1.807) is 0 Å². The van der Waals surface area contributed by atoms with Crippen molar-refractivity contribution in [3.63, 3.8) is 0 Å². The average Bonchev–Trinajstić information content (AvgIpc) is 2.87. The Morgan fingerprint density at radius 3 is 2.68 bits per heavy atom. The van der Waals surface area contributed by atoms with Crippen molar-refractivity contribution in [3.05, 3.63) is 50.9 Å². The van der Waals surface area contributed by atoms with Crippen molar-refractivity contribution in [2.75, 3.05) is 11.1 Å². The lowest BCUT2D eigenvalue weighted by molar-refractivity contribution is 0.103. The van der Waals surface area contributed by atoms with Crippen LogP contribution in [0.4, 0.5) is 20.2 Å². The molecule has 2 heterocycles. The van der Waals surface area contributed by atoms with Crippen molar-refractivity contribution >= 4 is 54.8 Å². The molecule has 3 aromatic rings. The van der Waals surface area contributed by atoms with Crippen LogP contribution in [0.5, 0.6) is 0 Å². The Kier molecular flexibility index (Phi) is 4.75. The van der Waals surface area contributed by atoms with Crippen LogP contribution < -0.4 is 11.1 Å². The normalized spacial score (nSPS) is 11.3. The number of thiophene rings is 1. The minimum atomic E-state index is -0.875. The van der Waals surface area contributed by atoms with Crippen LogP contribution in [0.25, 0.3) is 10.2 Å². The van der Waals surface area contributed by atoms with E-state index in [9.17, 15) is 13.6 Å². The van der Waals surface area contributed by atoms with Crippen LogP contribution in [0.1, 0.15) is 35.1 Å². The van der Waals surface area contributed by atoms with E-state index < -0.39 is 17.5 Å². The first-order chi connectivity index (χ1) is 11.8. The zero-order valence-electron chi connectivity index (χ0n) is 13.4. The van der Waals surface area contributed by atoms with Crippen molar-refractivity contribution in [2.45, 2.75) is 19.8 Å². The molecule has 0 aliphatic heterocycles. The molecule has 3 N–H and O–H groups in total. The second-order valence-electron chi connectivity index (χ2n) is 5.79. The number of anilines is 2. The van der Waals surface area contributed by atoms with Crippen LogP contribution in [0, 0.1) is 11.6 Å². The Labute approximate surface area is 155 Å². The molecule has 3 rings (SSSR count). The number of nitrogens with zero attached hydrogens (tertiary/aromatic N) is 1. The highest BCUT2D eigenvalue weighted by Gasteiger charge is 2.20. The molecule has 8 heteroatoms. The van der Waals surface area contributed by atoms with Crippen molar-refractivity contribution in [3.8, 4) is 0 Å². The summed E-state index contributed by atoms with van der Waals surface area (Å²) in [6.07, 6.45) is 0. The van der Waals surface area contributed by atoms with E-state index in [2.05, 4.69) is 26.2 Å². The summed E-state index contributed by atoms with van der Waals surface area (Å²) >= 11 is 4.18. The Balaban J connectivity index is 1.99. The molecule has 1 aromatic carbocycles. The lowest BCUT2D eigenvalue weighted by Crippen LogP contribution is -2.13. The van der Waals surface area contributed by atoms with E-state index in [4.69, 9.17) is 5.73 Å². The molecular weight excluding hydrogens is 412 g/mol. The Morgan fingerprint density at radius 1 is 1.32 bits per heavy atom. The topological polar surface area (TPSA) is 68.0 Å². The third kappa shape index (κ3) is 3.36. The number of nitrogens with one attached hydrogen (secondary N) is 1. The maximum Gasteiger partial charge on any atom is 0.268 e. The number of fused-ring (bicyclic) bond motifs is 1. The van der Waals surface area contributed by atoms with Gasteiger partial charge in [-0.1, -0.05) is 13.8 Å². The van der Waals surface area contributed by atoms with Gasteiger partial charge in [-0.3, -0.25) is 4.79 Å². The van der Waals surface area contributed by atoms with Gasteiger partial charge in [0.2, 0.25) is 0 Å². The van der Waals surface area contributed by atoms with Gasteiger partial charge in [0.15, 0.2) is 5.82 Å². The number of carbonyl (C=O) groups is 1. The highest BCUT2D eigenvalue weighted by Crippen LogP contribution is 2.35. The summed E-state index contributed by atoms with van der Waals surface area (Å²) in [5.41, 5.74) is 7.11. The SMILES string of the molecule is CC(C)c1ccc2c(N)c(C(=O)Nc3c(F)cc(F)cc3Br)sc2n1. The van der Waals surface area contributed by atoms with E-state index in [0.717, 1.165) is 23.1 Å². The molecule has 0 unspecified atom stereocenters. The number of hydrogen-bond acceptors (Lipinski definition) is 4. The largest absolute Gasteiger partial charge is 0.397 e. The summed E-state index contributed by atoms with van der Waals surface area (Å²) in [7, 11) is 0. The van der Waals surface area contributed by atoms with Crippen LogP contribution >= 0.6 is 27.3 Å². The predicted octanol–water partition coefficient (Wildman–Crippen LogP) is 5.29. The van der Waals surface area contributed by atoms with Gasteiger partial charge < -0.3 is 11.1 Å². The number of pyridine rings is 1. The fourth-order valence-electron chi connectivity index (χ4n) is 2.33. The number of carbonyl (C=O) groups excluding carboxylic acids is 1. The molecular formula is C17H14BrF2N3OS. The number of aromatic nitrogens is 1. The standard InChI is InChI=1S/C17H14BrF2N3OS/c1-7(2)12-4-3-9-13(21)15(25-17(9)22-12)16(24)23-14-10(18)5-8(19)6-11(14)20/h3-7H,21H2,1-2H3,(H,23,24). The molecule has 0 aliphatic carbocycles. The fraction of sp³-hybridized carbons (Fsp3) is 0.176. The predicted molar refractivity (Wildman–Crippen MR) is 100 cm³/mol. The van der Waals surface area contributed by atoms with Crippen LogP contribution in [-0.2, 0) is 0 Å². The maximum atomic E-state index is 13.9. The van der Waals surface area contributed by atoms with Crippen LogP contribution in [-0.4, -0.2) is 10.9 Å². The first-order valence-electron chi connectivity index (χ1n) is 7.42. The molecule has 4 nitrogen and oxygen atoms in total. The third-order valence-electron chi connectivity index (χ3n) is 3.66. The van der Waals surface area contributed by atoms with E-state index >= 15 is 0 Å². The Morgan fingerprint density at radius 2 is 2.04 bits per heavy atom. The number of hydrogen-bond donors (Lipinski definition) is 2. The Hall–Kier alpha value is -2.06. The minimum absolute atomic E-state index is 0.109. The summed E-state index contributed by atoms with van der Waals surface area (Å²) in [4.78, 5) is 17.9.